The molecule has 5 N–H and O–H groups in total. The number of nitrogens with one attached hydrogen (secondary N) is 2. The van der Waals surface area contributed by atoms with Gasteiger partial charge >= 0.3 is 5.97 Å². The number of hydrogen-bond donors (Lipinski definition) is 4. The van der Waals surface area contributed by atoms with Crippen molar-refractivity contribution in [2.45, 2.75) is 56.8 Å². The summed E-state index contributed by atoms with van der Waals surface area (Å²) in [5.74, 6) is -1.05. The van der Waals surface area contributed by atoms with Crippen molar-refractivity contribution < 1.29 is 24.3 Å². The number of nitrogens with zero attached hydrogens (tertiary/aromatic N) is 1. The van der Waals surface area contributed by atoms with E-state index >= 15 is 0 Å². The normalized spacial score (nSPS) is 19.3. The second-order valence-electron chi connectivity index (χ2n) is 7.00. The summed E-state index contributed by atoms with van der Waals surface area (Å²) in [6.07, 6.45) is 5.61. The molecule has 0 bridgehead atoms. The van der Waals surface area contributed by atoms with Gasteiger partial charge in [-0.05, 0) is 56.6 Å². The van der Waals surface area contributed by atoms with Gasteiger partial charge in [0.1, 0.15) is 18.1 Å². The number of nitrogens with two attached hydrogens (primary N) is 1. The highest BCUT2D eigenvalue weighted by atomic mass is 32.2. The molecule has 3 amide bonds. The molecule has 29 heavy (non-hydrogen) atoms. The first-order chi connectivity index (χ1) is 13.7. The fourth-order valence-corrected chi connectivity index (χ4v) is 4.00. The molecule has 1 rings (SSSR count). The van der Waals surface area contributed by atoms with Gasteiger partial charge in [-0.1, -0.05) is 0 Å². The van der Waals surface area contributed by atoms with Gasteiger partial charge in [-0.3, -0.25) is 14.4 Å². The average Bonchev–Trinajstić information content (AvgIpc) is 3.17. The molecule has 0 aromatic heterocycles. The zero-order chi connectivity index (χ0) is 22.0. The third-order valence-corrected chi connectivity index (χ3v) is 5.99. The van der Waals surface area contributed by atoms with Crippen molar-refractivity contribution in [1.82, 2.24) is 15.5 Å². The number of rotatable bonds is 12. The number of aliphatic carboxylic acids is 1. The molecule has 9 nitrogen and oxygen atoms in total. The van der Waals surface area contributed by atoms with Gasteiger partial charge in [-0.25, -0.2) is 4.79 Å². The van der Waals surface area contributed by atoms with Gasteiger partial charge in [0.15, 0.2) is 0 Å². The van der Waals surface area contributed by atoms with Crippen LogP contribution in [0.1, 0.15) is 32.6 Å². The highest BCUT2D eigenvalue weighted by Crippen LogP contribution is 2.20. The summed E-state index contributed by atoms with van der Waals surface area (Å²) < 4.78 is 0. The lowest BCUT2D eigenvalue weighted by molar-refractivity contribution is -0.145. The smallest absolute Gasteiger partial charge is 0.326 e. The average molecular weight is 449 g/mol. The van der Waals surface area contributed by atoms with E-state index in [-0.39, 0.29) is 5.91 Å². The first-order valence-corrected chi connectivity index (χ1v) is 12.4. The van der Waals surface area contributed by atoms with Crippen LogP contribution in [0.4, 0.5) is 0 Å². The van der Waals surface area contributed by atoms with Crippen LogP contribution in [0, 0.1) is 0 Å². The van der Waals surface area contributed by atoms with E-state index in [1.165, 1.54) is 23.6 Å². The van der Waals surface area contributed by atoms with E-state index in [0.29, 0.717) is 43.7 Å². The third-order valence-electron chi connectivity index (χ3n) is 4.70. The molecule has 4 unspecified atom stereocenters. The molecule has 0 aromatic rings. The number of carboxylic acid groups (broad SMARTS) is 1. The molecule has 166 valence electrons. The number of thioether (sulfide) groups is 2. The molecule has 4 atom stereocenters. The maximum Gasteiger partial charge on any atom is 0.326 e. The van der Waals surface area contributed by atoms with Gasteiger partial charge in [0.05, 0.1) is 6.04 Å². The van der Waals surface area contributed by atoms with Crippen LogP contribution in [-0.2, 0) is 19.2 Å². The van der Waals surface area contributed by atoms with Crippen molar-refractivity contribution in [2.24, 2.45) is 5.73 Å². The summed E-state index contributed by atoms with van der Waals surface area (Å²) in [7, 11) is 0. The van der Waals surface area contributed by atoms with Crippen molar-refractivity contribution in [2.75, 3.05) is 30.6 Å². The van der Waals surface area contributed by atoms with Crippen LogP contribution in [0.25, 0.3) is 0 Å². The van der Waals surface area contributed by atoms with Crippen LogP contribution >= 0.6 is 23.5 Å². The number of carboxylic acids is 1. The fourth-order valence-electron chi connectivity index (χ4n) is 3.06. The Kier molecular flexibility index (Phi) is 11.4. The van der Waals surface area contributed by atoms with E-state index in [4.69, 9.17) is 5.73 Å². The van der Waals surface area contributed by atoms with Gasteiger partial charge in [0.25, 0.3) is 0 Å². The molecule has 1 heterocycles. The van der Waals surface area contributed by atoms with E-state index in [0.717, 1.165) is 0 Å². The zero-order valence-electron chi connectivity index (χ0n) is 17.2. The molecule has 0 spiro atoms. The number of carbonyl (C=O) groups excluding carboxylic acids is 3. The number of likely N-dealkylation sites (tertiary alicyclic amines) is 1. The predicted molar refractivity (Wildman–Crippen MR) is 116 cm³/mol. The maximum atomic E-state index is 13.1. The number of carbonyl (C=O) groups is 4. The largest absolute Gasteiger partial charge is 0.480 e. The Bertz CT molecular complexity index is 591. The molecule has 0 aliphatic carbocycles. The van der Waals surface area contributed by atoms with Crippen LogP contribution in [0.2, 0.25) is 0 Å². The minimum atomic E-state index is -1.09. The zero-order valence-corrected chi connectivity index (χ0v) is 18.8. The first kappa shape index (κ1) is 25.6. The fraction of sp³-hybridized carbons (Fsp3) is 0.778. The quantitative estimate of drug-likeness (QED) is 0.324. The molecule has 1 aliphatic heterocycles. The van der Waals surface area contributed by atoms with E-state index in [1.807, 2.05) is 12.5 Å². The lowest BCUT2D eigenvalue weighted by Crippen LogP contribution is -2.56. The van der Waals surface area contributed by atoms with Crippen molar-refractivity contribution in [1.29, 1.82) is 0 Å². The van der Waals surface area contributed by atoms with Gasteiger partial charge in [-0.2, -0.15) is 23.5 Å². The van der Waals surface area contributed by atoms with E-state index in [9.17, 15) is 24.3 Å². The van der Waals surface area contributed by atoms with E-state index in [1.54, 1.807) is 11.8 Å². The second kappa shape index (κ2) is 13.0. The molecule has 0 saturated carbocycles. The van der Waals surface area contributed by atoms with Gasteiger partial charge in [-0.15, -0.1) is 0 Å². The Morgan fingerprint density at radius 2 is 1.69 bits per heavy atom. The van der Waals surface area contributed by atoms with E-state index < -0.39 is 42.0 Å². The number of amides is 3. The van der Waals surface area contributed by atoms with Crippen LogP contribution in [-0.4, -0.2) is 88.4 Å². The summed E-state index contributed by atoms with van der Waals surface area (Å²) in [4.78, 5) is 50.7. The van der Waals surface area contributed by atoms with Gasteiger partial charge in [0.2, 0.25) is 17.7 Å². The molecule has 1 fully saturated rings. The Balaban J connectivity index is 2.87. The van der Waals surface area contributed by atoms with Crippen LogP contribution in [0.5, 0.6) is 0 Å². The monoisotopic (exact) mass is 448 g/mol. The summed E-state index contributed by atoms with van der Waals surface area (Å²) in [6.45, 7) is 1.93. The van der Waals surface area contributed by atoms with Gasteiger partial charge in [0, 0.05) is 6.54 Å². The van der Waals surface area contributed by atoms with Gasteiger partial charge < -0.3 is 26.4 Å². The molecular formula is C18H32N4O5S2. The van der Waals surface area contributed by atoms with Crippen molar-refractivity contribution in [3.8, 4) is 0 Å². The van der Waals surface area contributed by atoms with Crippen LogP contribution in [0.15, 0.2) is 0 Å². The van der Waals surface area contributed by atoms with E-state index in [2.05, 4.69) is 10.6 Å². The Labute approximate surface area is 180 Å². The molecule has 1 saturated heterocycles. The summed E-state index contributed by atoms with van der Waals surface area (Å²) >= 11 is 3.05. The third kappa shape index (κ3) is 8.06. The number of hydrogen-bond acceptors (Lipinski definition) is 7. The van der Waals surface area contributed by atoms with Crippen molar-refractivity contribution in [3.63, 3.8) is 0 Å². The minimum Gasteiger partial charge on any atom is -0.480 e. The molecule has 0 aromatic carbocycles. The maximum absolute atomic E-state index is 13.1. The summed E-state index contributed by atoms with van der Waals surface area (Å²) in [6, 6.07) is -3.23. The first-order valence-electron chi connectivity index (χ1n) is 9.60. The summed E-state index contributed by atoms with van der Waals surface area (Å²) in [5, 5.41) is 14.6. The lowest BCUT2D eigenvalue weighted by Gasteiger charge is -2.29. The molecule has 1 aliphatic rings. The molecular weight excluding hydrogens is 416 g/mol. The summed E-state index contributed by atoms with van der Waals surface area (Å²) in [5.41, 5.74) is 5.60. The topological polar surface area (TPSA) is 142 Å². The SMILES string of the molecule is CSCCC(NC(=O)C1CCCN1C(=O)C(CCSC)NC(=O)C(C)N)C(=O)O. The van der Waals surface area contributed by atoms with Crippen molar-refractivity contribution in [3.05, 3.63) is 0 Å². The lowest BCUT2D eigenvalue weighted by atomic mass is 10.1. The Hall–Kier alpha value is -1.46. The molecule has 0 radical (unpaired) electrons. The van der Waals surface area contributed by atoms with Crippen LogP contribution < -0.4 is 16.4 Å². The molecule has 11 heteroatoms. The highest BCUT2D eigenvalue weighted by Gasteiger charge is 2.38. The highest BCUT2D eigenvalue weighted by molar-refractivity contribution is 7.98. The Morgan fingerprint density at radius 3 is 2.21 bits per heavy atom. The van der Waals surface area contributed by atoms with Crippen LogP contribution in [0.3, 0.4) is 0 Å². The Morgan fingerprint density at radius 1 is 1.10 bits per heavy atom. The second-order valence-corrected chi connectivity index (χ2v) is 8.97. The predicted octanol–water partition coefficient (Wildman–Crippen LogP) is -0.115. The van der Waals surface area contributed by atoms with Crippen molar-refractivity contribution >= 4 is 47.2 Å². The standard InChI is InChI=1S/C18H32N4O5S2/c1-11(19)15(23)20-12(6-9-28-2)17(25)22-8-4-5-14(22)16(24)21-13(18(26)27)7-10-29-3/h11-14H,4-10,19H2,1-3H3,(H,20,23)(H,21,24)(H,26,27). The minimum absolute atomic E-state index is 0.309.